The van der Waals surface area contributed by atoms with Crippen molar-refractivity contribution in [1.82, 2.24) is 15.1 Å². The van der Waals surface area contributed by atoms with E-state index >= 15 is 0 Å². The molecule has 1 amide bonds. The number of nitrogens with two attached hydrogens (primary N) is 1. The number of nitrogens with one attached hydrogen (secondary N) is 1. The molecule has 0 radical (unpaired) electrons. The van der Waals surface area contributed by atoms with Gasteiger partial charge in [-0.15, -0.1) is 12.4 Å². The van der Waals surface area contributed by atoms with Crippen LogP contribution in [0.25, 0.3) is 0 Å². The molecule has 0 fully saturated rings. The van der Waals surface area contributed by atoms with Crippen LogP contribution < -0.4 is 11.1 Å². The first-order valence-electron chi connectivity index (χ1n) is 6.83. The molecule has 1 aromatic heterocycles. The number of carbonyl (C=O) groups excluding carboxylic acids is 1. The van der Waals surface area contributed by atoms with Crippen molar-refractivity contribution in [3.05, 3.63) is 48.3 Å². The Balaban J connectivity index is 0.00000220. The van der Waals surface area contributed by atoms with Crippen LogP contribution in [0.5, 0.6) is 0 Å². The topological polar surface area (TPSA) is 72.9 Å². The van der Waals surface area contributed by atoms with Gasteiger partial charge in [-0.25, -0.2) is 0 Å². The Bertz CT molecular complexity index is 542. The molecular weight excluding hydrogens is 288 g/mol. The smallest absolute Gasteiger partial charge is 0.220 e. The van der Waals surface area contributed by atoms with Gasteiger partial charge < -0.3 is 11.1 Å². The van der Waals surface area contributed by atoms with Crippen LogP contribution in [-0.4, -0.2) is 22.2 Å². The minimum Gasteiger partial charge on any atom is -0.399 e. The van der Waals surface area contributed by atoms with Crippen LogP contribution in [0.15, 0.2) is 42.7 Å². The zero-order chi connectivity index (χ0) is 14.2. The quantitative estimate of drug-likeness (QED) is 0.607. The van der Waals surface area contributed by atoms with Crippen molar-refractivity contribution in [1.29, 1.82) is 0 Å². The summed E-state index contributed by atoms with van der Waals surface area (Å²) in [6, 6.07) is 9.54. The minimum atomic E-state index is 0. The predicted molar refractivity (Wildman–Crippen MR) is 86.3 cm³/mol. The zero-order valence-corrected chi connectivity index (χ0v) is 12.7. The highest BCUT2D eigenvalue weighted by atomic mass is 35.5. The highest BCUT2D eigenvalue weighted by Crippen LogP contribution is 2.12. The summed E-state index contributed by atoms with van der Waals surface area (Å²) in [7, 11) is 0. The summed E-state index contributed by atoms with van der Waals surface area (Å²) in [6.45, 7) is 1.49. The van der Waals surface area contributed by atoms with Crippen molar-refractivity contribution in [2.75, 3.05) is 12.3 Å². The van der Waals surface area contributed by atoms with Gasteiger partial charge in [0, 0.05) is 37.6 Å². The zero-order valence-electron chi connectivity index (χ0n) is 11.9. The standard InChI is InChI=1S/C15H20N4O.ClH/c16-14-6-2-1-5-13(14)7-8-15(20)17-9-3-11-19-12-4-10-18-19;/h1-2,4-6,10,12H,3,7-9,11,16H2,(H,17,20);1H. The molecule has 2 rings (SSSR count). The van der Waals surface area contributed by atoms with Crippen LogP contribution in [0, 0.1) is 0 Å². The van der Waals surface area contributed by atoms with Gasteiger partial charge in [0.15, 0.2) is 0 Å². The fraction of sp³-hybridized carbons (Fsp3) is 0.333. The third kappa shape index (κ3) is 5.87. The summed E-state index contributed by atoms with van der Waals surface area (Å²) in [5, 5.41) is 7.02. The highest BCUT2D eigenvalue weighted by Gasteiger charge is 2.03. The number of para-hydroxylation sites is 1. The maximum atomic E-state index is 11.7. The van der Waals surface area contributed by atoms with E-state index in [-0.39, 0.29) is 18.3 Å². The lowest BCUT2D eigenvalue weighted by Gasteiger charge is -2.07. The van der Waals surface area contributed by atoms with Crippen LogP contribution in [0.2, 0.25) is 0 Å². The predicted octanol–water partition coefficient (Wildman–Crippen LogP) is 2.03. The van der Waals surface area contributed by atoms with E-state index in [1.807, 2.05) is 41.2 Å². The van der Waals surface area contributed by atoms with Gasteiger partial charge in [0.05, 0.1) is 0 Å². The highest BCUT2D eigenvalue weighted by molar-refractivity contribution is 5.85. The monoisotopic (exact) mass is 308 g/mol. The Morgan fingerprint density at radius 2 is 2.10 bits per heavy atom. The number of hydrogen-bond acceptors (Lipinski definition) is 3. The number of carbonyl (C=O) groups is 1. The van der Waals surface area contributed by atoms with Gasteiger partial charge in [-0.3, -0.25) is 9.48 Å². The third-order valence-electron chi connectivity index (χ3n) is 3.12. The van der Waals surface area contributed by atoms with Gasteiger partial charge in [0.2, 0.25) is 5.91 Å². The SMILES string of the molecule is Cl.Nc1ccccc1CCC(=O)NCCCn1cccn1. The first-order valence-corrected chi connectivity index (χ1v) is 6.83. The van der Waals surface area contributed by atoms with Gasteiger partial charge in [-0.1, -0.05) is 18.2 Å². The van der Waals surface area contributed by atoms with E-state index in [4.69, 9.17) is 5.73 Å². The molecule has 2 aromatic rings. The lowest BCUT2D eigenvalue weighted by atomic mass is 10.1. The summed E-state index contributed by atoms with van der Waals surface area (Å²) < 4.78 is 1.86. The number of hydrogen-bond donors (Lipinski definition) is 2. The van der Waals surface area contributed by atoms with Crippen LogP contribution in [0.3, 0.4) is 0 Å². The van der Waals surface area contributed by atoms with E-state index in [1.165, 1.54) is 0 Å². The Morgan fingerprint density at radius 3 is 2.81 bits per heavy atom. The molecule has 6 heteroatoms. The number of aryl methyl sites for hydroxylation is 2. The van der Waals surface area contributed by atoms with Gasteiger partial charge in [-0.2, -0.15) is 5.10 Å². The Labute approximate surface area is 130 Å². The molecule has 21 heavy (non-hydrogen) atoms. The van der Waals surface area contributed by atoms with E-state index in [1.54, 1.807) is 6.20 Å². The largest absolute Gasteiger partial charge is 0.399 e. The lowest BCUT2D eigenvalue weighted by Crippen LogP contribution is -2.25. The van der Waals surface area contributed by atoms with Crippen molar-refractivity contribution < 1.29 is 4.79 Å². The number of anilines is 1. The first kappa shape index (κ1) is 17.0. The average molecular weight is 309 g/mol. The number of benzene rings is 1. The van der Waals surface area contributed by atoms with Crippen molar-refractivity contribution >= 4 is 24.0 Å². The number of nitrogens with zero attached hydrogens (tertiary/aromatic N) is 2. The fourth-order valence-electron chi connectivity index (χ4n) is 2.00. The van der Waals surface area contributed by atoms with E-state index in [0.29, 0.717) is 19.4 Å². The molecule has 0 unspecified atom stereocenters. The van der Waals surface area contributed by atoms with Gasteiger partial charge in [0.1, 0.15) is 0 Å². The molecule has 0 saturated carbocycles. The normalized spacial score (nSPS) is 9.90. The van der Waals surface area contributed by atoms with E-state index in [2.05, 4.69) is 10.4 Å². The molecule has 0 saturated heterocycles. The van der Waals surface area contributed by atoms with Crippen molar-refractivity contribution in [3.8, 4) is 0 Å². The number of nitrogen functional groups attached to an aromatic ring is 1. The molecular formula is C15H21ClN4O. The van der Waals surface area contributed by atoms with Crippen molar-refractivity contribution in [2.24, 2.45) is 0 Å². The fourth-order valence-corrected chi connectivity index (χ4v) is 2.00. The van der Waals surface area contributed by atoms with Crippen molar-refractivity contribution in [2.45, 2.75) is 25.8 Å². The van der Waals surface area contributed by atoms with Crippen LogP contribution in [0.1, 0.15) is 18.4 Å². The second-order valence-corrected chi connectivity index (χ2v) is 4.67. The third-order valence-corrected chi connectivity index (χ3v) is 3.12. The number of amides is 1. The molecule has 5 nitrogen and oxygen atoms in total. The summed E-state index contributed by atoms with van der Waals surface area (Å²) in [5.74, 6) is 0.0636. The molecule has 114 valence electrons. The molecule has 0 aliphatic carbocycles. The maximum absolute atomic E-state index is 11.7. The van der Waals surface area contributed by atoms with Crippen molar-refractivity contribution in [3.63, 3.8) is 0 Å². The second kappa shape index (κ2) is 9.02. The Kier molecular flexibility index (Phi) is 7.32. The van der Waals surface area contributed by atoms with Crippen LogP contribution >= 0.6 is 12.4 Å². The molecule has 1 aromatic carbocycles. The molecule has 0 spiro atoms. The molecule has 3 N–H and O–H groups in total. The first-order chi connectivity index (χ1) is 9.75. The van der Waals surface area contributed by atoms with Crippen LogP contribution in [0.4, 0.5) is 5.69 Å². The van der Waals surface area contributed by atoms with E-state index in [9.17, 15) is 4.79 Å². The summed E-state index contributed by atoms with van der Waals surface area (Å²) in [4.78, 5) is 11.7. The molecule has 1 heterocycles. The van der Waals surface area contributed by atoms with Gasteiger partial charge >= 0.3 is 0 Å². The summed E-state index contributed by atoms with van der Waals surface area (Å²) in [6.07, 6.45) is 5.69. The minimum absolute atomic E-state index is 0. The molecule has 0 bridgehead atoms. The molecule has 0 atom stereocenters. The van der Waals surface area contributed by atoms with Gasteiger partial charge in [-0.05, 0) is 30.5 Å². The summed E-state index contributed by atoms with van der Waals surface area (Å²) in [5.41, 5.74) is 7.62. The number of halogens is 1. The average Bonchev–Trinajstić information content (AvgIpc) is 2.96. The Morgan fingerprint density at radius 1 is 1.29 bits per heavy atom. The van der Waals surface area contributed by atoms with Gasteiger partial charge in [0.25, 0.3) is 0 Å². The number of rotatable bonds is 7. The Hall–Kier alpha value is -2.01. The number of aromatic nitrogens is 2. The molecule has 0 aliphatic heterocycles. The lowest BCUT2D eigenvalue weighted by molar-refractivity contribution is -0.121. The molecule has 0 aliphatic rings. The second-order valence-electron chi connectivity index (χ2n) is 4.67. The summed E-state index contributed by atoms with van der Waals surface area (Å²) >= 11 is 0. The van der Waals surface area contributed by atoms with Crippen LogP contribution in [-0.2, 0) is 17.8 Å². The van der Waals surface area contributed by atoms with E-state index in [0.717, 1.165) is 24.2 Å². The maximum Gasteiger partial charge on any atom is 0.220 e. The van der Waals surface area contributed by atoms with E-state index < -0.39 is 0 Å².